The van der Waals surface area contributed by atoms with E-state index in [1.807, 2.05) is 4.90 Å². The fourth-order valence-corrected chi connectivity index (χ4v) is 5.74. The van der Waals surface area contributed by atoms with Crippen LogP contribution < -0.4 is 5.32 Å². The molecule has 2 fully saturated rings. The number of nitrogens with one attached hydrogen (secondary N) is 2. The number of hydrogen-bond donors (Lipinski definition) is 2. The van der Waals surface area contributed by atoms with E-state index in [0.29, 0.717) is 42.3 Å². The number of nitrogens with zero attached hydrogens (tertiary/aromatic N) is 3. The minimum atomic E-state index is -0.491. The highest BCUT2D eigenvalue weighted by Crippen LogP contribution is 2.50. The molecule has 2 N–H and O–H groups in total. The van der Waals surface area contributed by atoms with E-state index in [-0.39, 0.29) is 17.4 Å². The molecule has 1 aromatic heterocycles. The number of carbonyl (C=O) groups is 2. The first-order valence-electron chi connectivity index (χ1n) is 10.9. The summed E-state index contributed by atoms with van der Waals surface area (Å²) in [4.78, 5) is 30.3. The third-order valence-corrected chi connectivity index (χ3v) is 7.65. The number of benzene rings is 1. The second-order valence-corrected chi connectivity index (χ2v) is 9.55. The first-order valence-corrected chi connectivity index (χ1v) is 11.2. The van der Waals surface area contributed by atoms with Crippen LogP contribution in [0.4, 0.5) is 10.1 Å². The Kier molecular flexibility index (Phi) is 4.12. The van der Waals surface area contributed by atoms with Gasteiger partial charge >= 0.3 is 0 Å². The third kappa shape index (κ3) is 2.95. The van der Waals surface area contributed by atoms with Crippen molar-refractivity contribution < 1.29 is 14.0 Å². The van der Waals surface area contributed by atoms with Crippen molar-refractivity contribution in [3.63, 3.8) is 0 Å². The molecular weight excluding hydrogens is 421 g/mol. The number of hydrogen-bond acceptors (Lipinski definition) is 4. The highest BCUT2D eigenvalue weighted by atomic mass is 35.5. The van der Waals surface area contributed by atoms with Crippen molar-refractivity contribution in [2.75, 3.05) is 18.4 Å². The quantitative estimate of drug-likeness (QED) is 0.747. The maximum absolute atomic E-state index is 13.7. The van der Waals surface area contributed by atoms with E-state index in [1.165, 1.54) is 12.1 Å². The summed E-state index contributed by atoms with van der Waals surface area (Å²) in [6, 6.07) is 2.16. The molecule has 0 radical (unpaired) electrons. The zero-order valence-electron chi connectivity index (χ0n) is 17.0. The summed E-state index contributed by atoms with van der Waals surface area (Å²) < 4.78 is 13.7. The van der Waals surface area contributed by atoms with E-state index in [9.17, 15) is 14.0 Å². The summed E-state index contributed by atoms with van der Waals surface area (Å²) in [5.41, 5.74) is 3.61. The summed E-state index contributed by atoms with van der Waals surface area (Å²) in [5.74, 6) is -0.517. The zero-order valence-corrected chi connectivity index (χ0v) is 17.8. The monoisotopic (exact) mass is 443 g/mol. The Morgan fingerprint density at radius 1 is 1.19 bits per heavy atom. The molecule has 3 aliphatic heterocycles. The van der Waals surface area contributed by atoms with E-state index in [2.05, 4.69) is 15.5 Å². The molecule has 2 amide bonds. The summed E-state index contributed by atoms with van der Waals surface area (Å²) in [6.07, 6.45) is 5.32. The molecule has 0 bridgehead atoms. The first kappa shape index (κ1) is 19.1. The van der Waals surface area contributed by atoms with E-state index in [0.717, 1.165) is 49.0 Å². The third-order valence-electron chi connectivity index (χ3n) is 7.31. The molecule has 1 spiro atoms. The van der Waals surface area contributed by atoms with Crippen molar-refractivity contribution in [3.8, 4) is 0 Å². The molecule has 1 aromatic carbocycles. The Balaban J connectivity index is 1.21. The van der Waals surface area contributed by atoms with Crippen LogP contribution in [0, 0.1) is 5.82 Å². The highest BCUT2D eigenvalue weighted by molar-refractivity contribution is 6.32. The molecule has 1 atom stereocenters. The van der Waals surface area contributed by atoms with Gasteiger partial charge in [0.2, 0.25) is 5.91 Å². The van der Waals surface area contributed by atoms with Crippen LogP contribution in [0.15, 0.2) is 12.1 Å². The molecule has 7 nitrogen and oxygen atoms in total. The van der Waals surface area contributed by atoms with Crippen LogP contribution in [0.5, 0.6) is 0 Å². The van der Waals surface area contributed by atoms with Gasteiger partial charge in [0, 0.05) is 60.0 Å². The van der Waals surface area contributed by atoms with Gasteiger partial charge in [0.25, 0.3) is 5.91 Å². The summed E-state index contributed by atoms with van der Waals surface area (Å²) in [5, 5.41) is 10.8. The van der Waals surface area contributed by atoms with Gasteiger partial charge < -0.3 is 15.1 Å². The molecule has 1 aliphatic carbocycles. The van der Waals surface area contributed by atoms with Gasteiger partial charge in [-0.1, -0.05) is 11.6 Å². The average Bonchev–Trinajstić information content (AvgIpc) is 3.08. The lowest BCUT2D eigenvalue weighted by molar-refractivity contribution is -0.132. The number of amides is 2. The molecule has 1 unspecified atom stereocenters. The van der Waals surface area contributed by atoms with E-state index in [4.69, 9.17) is 11.6 Å². The Labute approximate surface area is 183 Å². The number of likely N-dealkylation sites (tertiary alicyclic amines) is 1. The average molecular weight is 444 g/mol. The van der Waals surface area contributed by atoms with Gasteiger partial charge in [-0.3, -0.25) is 14.7 Å². The Morgan fingerprint density at radius 2 is 2.03 bits per heavy atom. The molecule has 4 aliphatic rings. The second kappa shape index (κ2) is 6.69. The maximum atomic E-state index is 13.7. The normalized spacial score (nSPS) is 23.0. The number of H-pyrrole nitrogens is 1. The van der Waals surface area contributed by atoms with Crippen LogP contribution in [-0.2, 0) is 24.2 Å². The van der Waals surface area contributed by atoms with Crippen LogP contribution in [-0.4, -0.2) is 56.5 Å². The number of rotatable bonds is 2. The lowest BCUT2D eigenvalue weighted by Gasteiger charge is -2.30. The number of halogens is 2. The van der Waals surface area contributed by atoms with Gasteiger partial charge in [0.1, 0.15) is 11.9 Å². The molecule has 31 heavy (non-hydrogen) atoms. The smallest absolute Gasteiger partial charge is 0.275 e. The standard InChI is InChI=1S/C22H23ClFN5O2/c23-15-8-12(24)9-17-13(15)10-18(25-17)20(30)28-7-2-16-14(11-28)19(27-26-16)21(31)29-6-1-3-22(29)4-5-22/h8-9,18,25H,1-7,10-11H2,(H,26,27). The minimum Gasteiger partial charge on any atom is -0.373 e. The van der Waals surface area contributed by atoms with Crippen molar-refractivity contribution >= 4 is 29.1 Å². The largest absolute Gasteiger partial charge is 0.373 e. The van der Waals surface area contributed by atoms with Crippen molar-refractivity contribution in [2.45, 2.75) is 56.7 Å². The predicted molar refractivity (Wildman–Crippen MR) is 112 cm³/mol. The fraction of sp³-hybridized carbons (Fsp3) is 0.500. The minimum absolute atomic E-state index is 0.0181. The van der Waals surface area contributed by atoms with Crippen LogP contribution in [0.3, 0.4) is 0 Å². The highest BCUT2D eigenvalue weighted by Gasteiger charge is 2.53. The Morgan fingerprint density at radius 3 is 2.84 bits per heavy atom. The van der Waals surface area contributed by atoms with E-state index >= 15 is 0 Å². The van der Waals surface area contributed by atoms with Gasteiger partial charge in [0.05, 0.1) is 0 Å². The van der Waals surface area contributed by atoms with Crippen molar-refractivity contribution in [1.29, 1.82) is 0 Å². The molecule has 6 rings (SSSR count). The summed E-state index contributed by atoms with van der Waals surface area (Å²) in [7, 11) is 0. The lowest BCUT2D eigenvalue weighted by atomic mass is 10.0. The van der Waals surface area contributed by atoms with Crippen molar-refractivity contribution in [2.24, 2.45) is 0 Å². The van der Waals surface area contributed by atoms with Crippen molar-refractivity contribution in [1.82, 2.24) is 20.0 Å². The Hall–Kier alpha value is -2.61. The molecule has 9 heteroatoms. The zero-order chi connectivity index (χ0) is 21.3. The van der Waals surface area contributed by atoms with Gasteiger partial charge in [-0.15, -0.1) is 0 Å². The molecule has 2 aromatic rings. The maximum Gasteiger partial charge on any atom is 0.275 e. The van der Waals surface area contributed by atoms with E-state index < -0.39 is 11.9 Å². The molecule has 162 valence electrons. The van der Waals surface area contributed by atoms with Crippen LogP contribution in [0.2, 0.25) is 5.02 Å². The first-order chi connectivity index (χ1) is 14.9. The van der Waals surface area contributed by atoms with Gasteiger partial charge in [-0.25, -0.2) is 4.39 Å². The van der Waals surface area contributed by atoms with Crippen LogP contribution in [0.25, 0.3) is 0 Å². The lowest BCUT2D eigenvalue weighted by Crippen LogP contribution is -2.45. The van der Waals surface area contributed by atoms with Gasteiger partial charge in [0.15, 0.2) is 5.69 Å². The SMILES string of the molecule is O=C(C1Cc2c(Cl)cc(F)cc2N1)N1CCc2[nH]nc(C(=O)N3CCCC34CC4)c2C1. The molecule has 1 saturated heterocycles. The Bertz CT molecular complexity index is 1110. The fourth-order valence-electron chi connectivity index (χ4n) is 5.46. The number of anilines is 1. The van der Waals surface area contributed by atoms with Crippen LogP contribution >= 0.6 is 11.6 Å². The topological polar surface area (TPSA) is 81.3 Å². The molecular formula is C22H23ClFN5O2. The number of carbonyl (C=O) groups excluding carboxylic acids is 2. The van der Waals surface area contributed by atoms with Crippen molar-refractivity contribution in [3.05, 3.63) is 45.5 Å². The van der Waals surface area contributed by atoms with Crippen LogP contribution in [0.1, 0.15) is 53.0 Å². The summed E-state index contributed by atoms with van der Waals surface area (Å²) >= 11 is 6.17. The summed E-state index contributed by atoms with van der Waals surface area (Å²) in [6.45, 7) is 1.68. The predicted octanol–water partition coefficient (Wildman–Crippen LogP) is 2.89. The van der Waals surface area contributed by atoms with Gasteiger partial charge in [-0.2, -0.15) is 5.10 Å². The number of aromatic nitrogens is 2. The molecule has 4 heterocycles. The van der Waals surface area contributed by atoms with E-state index in [1.54, 1.807) is 4.90 Å². The molecule has 1 saturated carbocycles. The second-order valence-electron chi connectivity index (χ2n) is 9.14. The number of fused-ring (bicyclic) bond motifs is 2. The van der Waals surface area contributed by atoms with Gasteiger partial charge in [-0.05, 0) is 43.4 Å². The number of aromatic amines is 1.